The first-order chi connectivity index (χ1) is 9.38. The van der Waals surface area contributed by atoms with Crippen LogP contribution in [-0.2, 0) is 9.53 Å². The van der Waals surface area contributed by atoms with Crippen molar-refractivity contribution in [3.8, 4) is 0 Å². The first-order valence-corrected chi connectivity index (χ1v) is 6.32. The van der Waals surface area contributed by atoms with Crippen LogP contribution in [0.3, 0.4) is 0 Å². The molecule has 110 valence electrons. The molecule has 0 atom stereocenters. The summed E-state index contributed by atoms with van der Waals surface area (Å²) in [4.78, 5) is 11.4. The van der Waals surface area contributed by atoms with Crippen LogP contribution in [0.1, 0.15) is 37.3 Å². The van der Waals surface area contributed by atoms with Crippen molar-refractivity contribution in [2.45, 2.75) is 27.2 Å². The molecule has 0 saturated heterocycles. The van der Waals surface area contributed by atoms with E-state index >= 15 is 0 Å². The normalized spacial score (nSPS) is 12.9. The molecule has 0 aliphatic rings. The van der Waals surface area contributed by atoms with E-state index in [1.54, 1.807) is 19.9 Å². The Bertz CT molecular complexity index is 550. The number of ether oxygens (including phenoxy) is 1. The predicted molar refractivity (Wildman–Crippen MR) is 73.6 cm³/mol. The molecule has 0 amide bonds. The van der Waals surface area contributed by atoms with Crippen molar-refractivity contribution in [3.05, 3.63) is 34.1 Å². The highest BCUT2D eigenvalue weighted by atomic mass is 32.1. The number of aromatic nitrogens is 1. The van der Waals surface area contributed by atoms with Gasteiger partial charge in [-0.3, -0.25) is 0 Å². The van der Waals surface area contributed by atoms with E-state index in [1.807, 2.05) is 0 Å². The Morgan fingerprint density at radius 1 is 1.50 bits per heavy atom. The minimum absolute atomic E-state index is 0.112. The highest BCUT2D eigenvalue weighted by Gasteiger charge is 2.20. The molecule has 0 aliphatic carbocycles. The highest BCUT2D eigenvalue weighted by molar-refractivity contribution is 7.85. The third kappa shape index (κ3) is 3.93. The summed E-state index contributed by atoms with van der Waals surface area (Å²) in [7, 11) is 0. The van der Waals surface area contributed by atoms with Crippen molar-refractivity contribution >= 4 is 24.2 Å². The molecule has 1 heterocycles. The Kier molecular flexibility index (Phi) is 5.94. The Morgan fingerprint density at radius 2 is 2.15 bits per heavy atom. The lowest BCUT2D eigenvalue weighted by molar-refractivity contribution is -0.137. The van der Waals surface area contributed by atoms with Crippen LogP contribution in [0.4, 0.5) is 8.78 Å². The lowest BCUT2D eigenvalue weighted by Crippen LogP contribution is -2.03. The standard InChI is InChI=1S/C13H15F2NO3S/c1-4-18-13(17)9(20)6-5-7(2)10-8(3)11(12(14)15)19-16-10/h5-6,12,20H,4H2,1-3H3/b7-5+,9-6-. The fourth-order valence-electron chi connectivity index (χ4n) is 1.48. The summed E-state index contributed by atoms with van der Waals surface area (Å²) in [6.45, 7) is 5.11. The molecule has 0 radical (unpaired) electrons. The molecular weight excluding hydrogens is 288 g/mol. The lowest BCUT2D eigenvalue weighted by Gasteiger charge is -2.00. The minimum Gasteiger partial charge on any atom is -0.462 e. The molecule has 0 unspecified atom stereocenters. The molecule has 0 N–H and O–H groups in total. The number of alkyl halides is 2. The lowest BCUT2D eigenvalue weighted by atomic mass is 10.1. The second-order valence-corrected chi connectivity index (χ2v) is 4.42. The molecule has 4 nitrogen and oxygen atoms in total. The summed E-state index contributed by atoms with van der Waals surface area (Å²) in [6.07, 6.45) is 0.256. The fraction of sp³-hybridized carbons (Fsp3) is 0.385. The number of nitrogens with zero attached hydrogens (tertiary/aromatic N) is 1. The van der Waals surface area contributed by atoms with Crippen molar-refractivity contribution in [2.24, 2.45) is 0 Å². The maximum absolute atomic E-state index is 12.6. The van der Waals surface area contributed by atoms with E-state index in [1.165, 1.54) is 13.0 Å². The van der Waals surface area contributed by atoms with E-state index in [0.717, 1.165) is 0 Å². The molecule has 0 spiro atoms. The van der Waals surface area contributed by atoms with E-state index < -0.39 is 18.2 Å². The summed E-state index contributed by atoms with van der Waals surface area (Å²) in [5.41, 5.74) is 1.18. The number of hydrogen-bond acceptors (Lipinski definition) is 5. The summed E-state index contributed by atoms with van der Waals surface area (Å²) in [5.74, 6) is -1.00. The zero-order valence-electron chi connectivity index (χ0n) is 11.3. The number of esters is 1. The number of carbonyl (C=O) groups is 1. The van der Waals surface area contributed by atoms with Crippen LogP contribution in [0.15, 0.2) is 21.6 Å². The topological polar surface area (TPSA) is 52.3 Å². The second kappa shape index (κ2) is 7.23. The van der Waals surface area contributed by atoms with Gasteiger partial charge in [0, 0.05) is 5.56 Å². The molecule has 20 heavy (non-hydrogen) atoms. The van der Waals surface area contributed by atoms with Crippen molar-refractivity contribution in [2.75, 3.05) is 6.61 Å². The van der Waals surface area contributed by atoms with Gasteiger partial charge in [0.25, 0.3) is 6.43 Å². The molecule has 7 heteroatoms. The fourth-order valence-corrected chi connectivity index (χ4v) is 1.61. The smallest absolute Gasteiger partial charge is 0.344 e. The van der Waals surface area contributed by atoms with Crippen molar-refractivity contribution < 1.29 is 22.8 Å². The average molecular weight is 303 g/mol. The quantitative estimate of drug-likeness (QED) is 0.390. The number of thiol groups is 1. The van der Waals surface area contributed by atoms with Crippen molar-refractivity contribution in [3.63, 3.8) is 0 Å². The van der Waals surface area contributed by atoms with E-state index in [-0.39, 0.29) is 17.1 Å². The first kappa shape index (κ1) is 16.4. The van der Waals surface area contributed by atoms with Gasteiger partial charge in [0.2, 0.25) is 5.76 Å². The molecule has 0 aromatic carbocycles. The van der Waals surface area contributed by atoms with Gasteiger partial charge >= 0.3 is 5.97 Å². The van der Waals surface area contributed by atoms with Gasteiger partial charge in [-0.15, -0.1) is 12.6 Å². The maximum Gasteiger partial charge on any atom is 0.344 e. The number of halogens is 2. The summed E-state index contributed by atoms with van der Waals surface area (Å²) < 4.78 is 34.5. The highest BCUT2D eigenvalue weighted by Crippen LogP contribution is 2.28. The van der Waals surface area contributed by atoms with E-state index in [2.05, 4.69) is 22.3 Å². The number of hydrogen-bond donors (Lipinski definition) is 1. The first-order valence-electron chi connectivity index (χ1n) is 5.87. The van der Waals surface area contributed by atoms with Crippen LogP contribution in [0.25, 0.3) is 5.57 Å². The molecule has 0 fully saturated rings. The maximum atomic E-state index is 12.6. The van der Waals surface area contributed by atoms with Crippen LogP contribution in [0.2, 0.25) is 0 Å². The van der Waals surface area contributed by atoms with E-state index in [4.69, 9.17) is 4.74 Å². The average Bonchev–Trinajstić information content (AvgIpc) is 2.77. The Hall–Kier alpha value is -1.63. The Morgan fingerprint density at radius 3 is 2.65 bits per heavy atom. The van der Waals surface area contributed by atoms with Crippen LogP contribution in [0, 0.1) is 6.92 Å². The molecule has 0 aliphatic heterocycles. The molecule has 0 saturated carbocycles. The van der Waals surface area contributed by atoms with Gasteiger partial charge in [-0.2, -0.15) is 0 Å². The van der Waals surface area contributed by atoms with Gasteiger partial charge in [-0.1, -0.05) is 11.2 Å². The minimum atomic E-state index is -2.71. The molecule has 0 bridgehead atoms. The third-order valence-corrected chi connectivity index (χ3v) is 2.84. The van der Waals surface area contributed by atoms with Crippen molar-refractivity contribution in [1.82, 2.24) is 5.16 Å². The van der Waals surface area contributed by atoms with Gasteiger partial charge in [0.15, 0.2) is 0 Å². The van der Waals surface area contributed by atoms with Gasteiger partial charge in [-0.25, -0.2) is 13.6 Å². The van der Waals surface area contributed by atoms with Gasteiger partial charge < -0.3 is 9.26 Å². The second-order valence-electron chi connectivity index (χ2n) is 3.94. The Balaban J connectivity index is 2.95. The summed E-state index contributed by atoms with van der Waals surface area (Å²) >= 11 is 3.99. The van der Waals surface area contributed by atoms with Gasteiger partial charge in [0.05, 0.1) is 11.5 Å². The summed E-state index contributed by atoms with van der Waals surface area (Å²) in [6, 6.07) is 0. The van der Waals surface area contributed by atoms with Crippen LogP contribution in [0.5, 0.6) is 0 Å². The number of carbonyl (C=O) groups excluding carboxylic acids is 1. The Labute approximate surface area is 120 Å². The van der Waals surface area contributed by atoms with Gasteiger partial charge in [0.1, 0.15) is 5.69 Å². The van der Waals surface area contributed by atoms with Crippen LogP contribution >= 0.6 is 12.6 Å². The third-order valence-electron chi connectivity index (χ3n) is 2.51. The molecular formula is C13H15F2NO3S. The van der Waals surface area contributed by atoms with E-state index in [9.17, 15) is 13.6 Å². The molecule has 1 aromatic rings. The van der Waals surface area contributed by atoms with E-state index in [0.29, 0.717) is 11.3 Å². The zero-order valence-corrected chi connectivity index (χ0v) is 12.2. The monoisotopic (exact) mass is 303 g/mol. The molecule has 1 rings (SSSR count). The van der Waals surface area contributed by atoms with Crippen LogP contribution < -0.4 is 0 Å². The predicted octanol–water partition coefficient (Wildman–Crippen LogP) is 3.70. The number of allylic oxidation sites excluding steroid dienone is 3. The summed E-state index contributed by atoms with van der Waals surface area (Å²) in [5, 5.41) is 3.60. The molecule has 1 aromatic heterocycles. The van der Waals surface area contributed by atoms with Gasteiger partial charge in [-0.05, 0) is 32.4 Å². The number of rotatable bonds is 5. The largest absolute Gasteiger partial charge is 0.462 e. The van der Waals surface area contributed by atoms with Crippen LogP contribution in [-0.4, -0.2) is 17.7 Å². The SMILES string of the molecule is CCOC(=O)/C(S)=C/C=C(\C)c1noc(C(F)F)c1C. The zero-order chi connectivity index (χ0) is 15.3. The van der Waals surface area contributed by atoms with Crippen molar-refractivity contribution in [1.29, 1.82) is 0 Å².